The number of ether oxygens (including phenoxy) is 1. The van der Waals surface area contributed by atoms with Crippen LogP contribution in [-0.4, -0.2) is 4.98 Å². The zero-order chi connectivity index (χ0) is 12.3. The highest BCUT2D eigenvalue weighted by atomic mass is 79.9. The van der Waals surface area contributed by atoms with E-state index in [1.54, 1.807) is 24.4 Å². The first-order chi connectivity index (χ1) is 8.16. The fourth-order valence-corrected chi connectivity index (χ4v) is 1.78. The molecule has 0 amide bonds. The number of pyridine rings is 1. The van der Waals surface area contributed by atoms with Gasteiger partial charge < -0.3 is 10.5 Å². The van der Waals surface area contributed by atoms with Crippen molar-refractivity contribution in [3.05, 3.63) is 52.4 Å². The first kappa shape index (κ1) is 11.9. The molecule has 0 bridgehead atoms. The molecular weight excluding hydrogens is 287 g/mol. The zero-order valence-electron chi connectivity index (χ0n) is 8.86. The molecule has 0 aliphatic rings. The second kappa shape index (κ2) is 5.14. The molecule has 2 rings (SSSR count). The van der Waals surface area contributed by atoms with Gasteiger partial charge in [-0.1, -0.05) is 22.0 Å². The van der Waals surface area contributed by atoms with E-state index >= 15 is 0 Å². The van der Waals surface area contributed by atoms with Gasteiger partial charge in [-0.2, -0.15) is 0 Å². The Morgan fingerprint density at radius 1 is 1.35 bits per heavy atom. The first-order valence-corrected chi connectivity index (χ1v) is 5.73. The summed E-state index contributed by atoms with van der Waals surface area (Å²) in [5, 5.41) is 0. The molecule has 0 aliphatic heterocycles. The fourth-order valence-electron chi connectivity index (χ4n) is 1.32. The van der Waals surface area contributed by atoms with Crippen LogP contribution in [0.3, 0.4) is 0 Å². The van der Waals surface area contributed by atoms with E-state index in [9.17, 15) is 4.39 Å². The van der Waals surface area contributed by atoms with Gasteiger partial charge in [-0.15, -0.1) is 0 Å². The highest BCUT2D eigenvalue weighted by Gasteiger charge is 2.04. The van der Waals surface area contributed by atoms with Crippen molar-refractivity contribution in [1.82, 2.24) is 4.98 Å². The summed E-state index contributed by atoms with van der Waals surface area (Å²) in [5.74, 6) is 0.566. The van der Waals surface area contributed by atoms with Crippen LogP contribution in [-0.2, 0) is 6.61 Å². The van der Waals surface area contributed by atoms with Gasteiger partial charge in [0.1, 0.15) is 12.4 Å². The van der Waals surface area contributed by atoms with Gasteiger partial charge in [0.05, 0.1) is 0 Å². The number of halogens is 2. The van der Waals surface area contributed by atoms with Crippen LogP contribution in [0.2, 0.25) is 0 Å². The predicted octanol–water partition coefficient (Wildman–Crippen LogP) is 3.14. The summed E-state index contributed by atoms with van der Waals surface area (Å²) >= 11 is 3.27. The second-order valence-electron chi connectivity index (χ2n) is 3.41. The lowest BCUT2D eigenvalue weighted by molar-refractivity contribution is 0.306. The van der Waals surface area contributed by atoms with E-state index in [1.807, 2.05) is 0 Å². The molecule has 0 fully saturated rings. The van der Waals surface area contributed by atoms with Crippen molar-refractivity contribution in [3.63, 3.8) is 0 Å². The summed E-state index contributed by atoms with van der Waals surface area (Å²) in [4.78, 5) is 3.91. The van der Waals surface area contributed by atoms with Gasteiger partial charge in [-0.3, -0.25) is 0 Å². The third-order valence-electron chi connectivity index (χ3n) is 2.20. The molecule has 2 N–H and O–H groups in total. The lowest BCUT2D eigenvalue weighted by Crippen LogP contribution is -2.00. The number of nitrogens with two attached hydrogens (primary N) is 1. The Morgan fingerprint density at radius 3 is 2.88 bits per heavy atom. The van der Waals surface area contributed by atoms with Gasteiger partial charge in [0, 0.05) is 16.2 Å². The van der Waals surface area contributed by atoms with Crippen LogP contribution in [0, 0.1) is 5.82 Å². The van der Waals surface area contributed by atoms with E-state index in [4.69, 9.17) is 10.5 Å². The molecule has 0 spiro atoms. The van der Waals surface area contributed by atoms with Crippen LogP contribution >= 0.6 is 15.9 Å². The number of rotatable bonds is 3. The standard InChI is InChI=1S/C12H10BrFN2O/c13-10-6-9(14)4-3-8(10)7-17-11-2-1-5-16-12(11)15/h1-6H,7H2,(H2,15,16). The van der Waals surface area contributed by atoms with Gasteiger partial charge in [0.15, 0.2) is 11.6 Å². The van der Waals surface area contributed by atoms with Crippen molar-refractivity contribution in [2.75, 3.05) is 5.73 Å². The van der Waals surface area contributed by atoms with Crippen molar-refractivity contribution in [2.45, 2.75) is 6.61 Å². The summed E-state index contributed by atoms with van der Waals surface area (Å²) in [7, 11) is 0. The Kier molecular flexibility index (Phi) is 3.58. The molecule has 2 aromatic rings. The van der Waals surface area contributed by atoms with Crippen molar-refractivity contribution < 1.29 is 9.13 Å². The smallest absolute Gasteiger partial charge is 0.166 e. The summed E-state index contributed by atoms with van der Waals surface area (Å²) in [6.07, 6.45) is 1.59. The quantitative estimate of drug-likeness (QED) is 0.946. The lowest BCUT2D eigenvalue weighted by Gasteiger charge is -2.09. The molecule has 5 heteroatoms. The third-order valence-corrected chi connectivity index (χ3v) is 2.94. The van der Waals surface area contributed by atoms with Gasteiger partial charge in [-0.05, 0) is 24.3 Å². The van der Waals surface area contributed by atoms with Crippen LogP contribution in [0.1, 0.15) is 5.56 Å². The predicted molar refractivity (Wildman–Crippen MR) is 67.1 cm³/mol. The van der Waals surface area contributed by atoms with Crippen molar-refractivity contribution in [3.8, 4) is 5.75 Å². The molecule has 0 atom stereocenters. The highest BCUT2D eigenvalue weighted by Crippen LogP contribution is 2.22. The normalized spacial score (nSPS) is 10.2. The monoisotopic (exact) mass is 296 g/mol. The maximum absolute atomic E-state index is 12.9. The van der Waals surface area contributed by atoms with E-state index in [0.717, 1.165) is 5.56 Å². The second-order valence-corrected chi connectivity index (χ2v) is 4.27. The third kappa shape index (κ3) is 2.94. The van der Waals surface area contributed by atoms with Crippen molar-refractivity contribution in [1.29, 1.82) is 0 Å². The zero-order valence-corrected chi connectivity index (χ0v) is 10.4. The largest absolute Gasteiger partial charge is 0.485 e. The summed E-state index contributed by atoms with van der Waals surface area (Å²) in [6, 6.07) is 7.92. The van der Waals surface area contributed by atoms with E-state index in [0.29, 0.717) is 22.6 Å². The molecule has 0 saturated heterocycles. The van der Waals surface area contributed by atoms with Crippen LogP contribution < -0.4 is 10.5 Å². The van der Waals surface area contributed by atoms with Crippen LogP contribution in [0.25, 0.3) is 0 Å². The van der Waals surface area contributed by atoms with Crippen LogP contribution in [0.5, 0.6) is 5.75 Å². The summed E-state index contributed by atoms with van der Waals surface area (Å²) in [5.41, 5.74) is 6.48. The van der Waals surface area contributed by atoms with Gasteiger partial charge in [0.25, 0.3) is 0 Å². The highest BCUT2D eigenvalue weighted by molar-refractivity contribution is 9.10. The molecule has 0 saturated carbocycles. The lowest BCUT2D eigenvalue weighted by atomic mass is 10.2. The molecular formula is C12H10BrFN2O. The Bertz CT molecular complexity index is 534. The maximum atomic E-state index is 12.9. The fraction of sp³-hybridized carbons (Fsp3) is 0.0833. The topological polar surface area (TPSA) is 48.1 Å². The molecule has 3 nitrogen and oxygen atoms in total. The van der Waals surface area contributed by atoms with Crippen molar-refractivity contribution in [2.24, 2.45) is 0 Å². The minimum absolute atomic E-state index is 0.290. The molecule has 17 heavy (non-hydrogen) atoms. The molecule has 1 aromatic heterocycles. The minimum atomic E-state index is -0.290. The van der Waals surface area contributed by atoms with E-state index in [1.165, 1.54) is 12.1 Å². The first-order valence-electron chi connectivity index (χ1n) is 4.94. The molecule has 0 aliphatic carbocycles. The SMILES string of the molecule is Nc1ncccc1OCc1ccc(F)cc1Br. The van der Waals surface area contributed by atoms with Gasteiger partial charge in [-0.25, -0.2) is 9.37 Å². The maximum Gasteiger partial charge on any atom is 0.166 e. The minimum Gasteiger partial charge on any atom is -0.485 e. The van der Waals surface area contributed by atoms with Crippen LogP contribution in [0.4, 0.5) is 10.2 Å². The number of benzene rings is 1. The number of anilines is 1. The molecule has 88 valence electrons. The van der Waals surface area contributed by atoms with E-state index < -0.39 is 0 Å². The molecule has 0 radical (unpaired) electrons. The van der Waals surface area contributed by atoms with Crippen LogP contribution in [0.15, 0.2) is 41.0 Å². The molecule has 1 aromatic carbocycles. The Morgan fingerprint density at radius 2 is 2.18 bits per heavy atom. The van der Waals surface area contributed by atoms with Crippen molar-refractivity contribution >= 4 is 21.7 Å². The summed E-state index contributed by atoms with van der Waals surface area (Å²) < 4.78 is 19.0. The Labute approximate surface area is 107 Å². The number of hydrogen-bond acceptors (Lipinski definition) is 3. The van der Waals surface area contributed by atoms with Gasteiger partial charge >= 0.3 is 0 Å². The van der Waals surface area contributed by atoms with E-state index in [2.05, 4.69) is 20.9 Å². The number of aromatic nitrogens is 1. The number of nitrogens with zero attached hydrogens (tertiary/aromatic N) is 1. The number of nitrogen functional groups attached to an aromatic ring is 1. The number of hydrogen-bond donors (Lipinski definition) is 1. The summed E-state index contributed by atoms with van der Waals surface area (Å²) in [6.45, 7) is 0.302. The Hall–Kier alpha value is -1.62. The van der Waals surface area contributed by atoms with Gasteiger partial charge in [0.2, 0.25) is 0 Å². The molecule has 1 heterocycles. The molecule has 0 unspecified atom stereocenters. The average molecular weight is 297 g/mol. The average Bonchev–Trinajstić information content (AvgIpc) is 2.30. The Balaban J connectivity index is 2.10. The van der Waals surface area contributed by atoms with E-state index in [-0.39, 0.29) is 5.82 Å².